The monoisotopic (exact) mass is 323 g/mol. The second-order valence-corrected chi connectivity index (χ2v) is 5.22. The maximum absolute atomic E-state index is 5.47. The van der Waals surface area contributed by atoms with Crippen molar-refractivity contribution in [1.29, 1.82) is 0 Å². The van der Waals surface area contributed by atoms with Gasteiger partial charge in [0.05, 0.1) is 19.4 Å². The van der Waals surface area contributed by atoms with Gasteiger partial charge in [0.25, 0.3) is 0 Å². The number of rotatable bonds is 5. The molecule has 3 nitrogen and oxygen atoms in total. The fourth-order valence-electron chi connectivity index (χ4n) is 2.22. The van der Waals surface area contributed by atoms with E-state index in [0.29, 0.717) is 0 Å². The molecule has 19 heavy (non-hydrogen) atoms. The highest BCUT2D eigenvalue weighted by Crippen LogP contribution is 2.34. The largest absolute Gasteiger partial charge is 0.496 e. The first-order chi connectivity index (χ1) is 9.17. The fraction of sp³-hybridized carbons (Fsp3) is 0.333. The molecular formula is C15H18BrNO2. The van der Waals surface area contributed by atoms with E-state index in [9.17, 15) is 0 Å². The first-order valence-corrected chi connectivity index (χ1v) is 7.07. The summed E-state index contributed by atoms with van der Waals surface area (Å²) in [6, 6.07) is 8.10. The predicted molar refractivity (Wildman–Crippen MR) is 79.7 cm³/mol. The van der Waals surface area contributed by atoms with E-state index in [1.54, 1.807) is 13.4 Å². The predicted octanol–water partition coefficient (Wildman–Crippen LogP) is 4.06. The lowest BCUT2D eigenvalue weighted by Crippen LogP contribution is -2.22. The van der Waals surface area contributed by atoms with Gasteiger partial charge < -0.3 is 14.5 Å². The van der Waals surface area contributed by atoms with Gasteiger partial charge in [-0.3, -0.25) is 0 Å². The summed E-state index contributed by atoms with van der Waals surface area (Å²) in [6.45, 7) is 4.93. The third-order valence-corrected chi connectivity index (χ3v) is 3.61. The Morgan fingerprint density at radius 1 is 1.32 bits per heavy atom. The Kier molecular flexibility index (Phi) is 4.66. The van der Waals surface area contributed by atoms with Gasteiger partial charge in [-0.25, -0.2) is 0 Å². The van der Waals surface area contributed by atoms with Crippen LogP contribution in [-0.4, -0.2) is 13.7 Å². The number of hydrogen-bond acceptors (Lipinski definition) is 3. The van der Waals surface area contributed by atoms with Crippen LogP contribution in [0.5, 0.6) is 5.75 Å². The van der Waals surface area contributed by atoms with Crippen molar-refractivity contribution in [2.24, 2.45) is 0 Å². The lowest BCUT2D eigenvalue weighted by Gasteiger charge is -2.20. The second-order valence-electron chi connectivity index (χ2n) is 4.31. The van der Waals surface area contributed by atoms with Gasteiger partial charge in [-0.15, -0.1) is 0 Å². The number of benzene rings is 1. The maximum atomic E-state index is 5.47. The second kappa shape index (κ2) is 6.26. The highest BCUT2D eigenvalue weighted by Gasteiger charge is 2.20. The van der Waals surface area contributed by atoms with Crippen molar-refractivity contribution in [2.75, 3.05) is 13.7 Å². The molecule has 0 radical (unpaired) electrons. The molecule has 1 aromatic heterocycles. The number of halogens is 1. The summed E-state index contributed by atoms with van der Waals surface area (Å²) in [6.07, 6.45) is 1.72. The fourth-order valence-corrected chi connectivity index (χ4v) is 2.60. The van der Waals surface area contributed by atoms with Crippen LogP contribution in [0.4, 0.5) is 0 Å². The van der Waals surface area contributed by atoms with Crippen LogP contribution in [0.25, 0.3) is 0 Å². The smallest absolute Gasteiger partial charge is 0.124 e. The SMILES string of the molecule is CCNC(c1cc(Br)ccc1OC)c1ccoc1C. The number of methoxy groups -OCH3 is 1. The van der Waals surface area contributed by atoms with Gasteiger partial charge in [-0.2, -0.15) is 0 Å². The van der Waals surface area contributed by atoms with Crippen LogP contribution in [0.2, 0.25) is 0 Å². The van der Waals surface area contributed by atoms with E-state index in [1.807, 2.05) is 25.1 Å². The number of furan rings is 1. The van der Waals surface area contributed by atoms with Crippen LogP contribution < -0.4 is 10.1 Å². The molecule has 1 N–H and O–H groups in total. The minimum atomic E-state index is 0.0659. The Labute approximate surface area is 122 Å². The van der Waals surface area contributed by atoms with Crippen LogP contribution in [0, 0.1) is 6.92 Å². The van der Waals surface area contributed by atoms with Gasteiger partial charge in [0, 0.05) is 15.6 Å². The molecule has 1 unspecified atom stereocenters. The van der Waals surface area contributed by atoms with E-state index < -0.39 is 0 Å². The number of aryl methyl sites for hydroxylation is 1. The van der Waals surface area contributed by atoms with E-state index in [-0.39, 0.29) is 6.04 Å². The molecular weight excluding hydrogens is 306 g/mol. The molecule has 0 saturated heterocycles. The summed E-state index contributed by atoms with van der Waals surface area (Å²) < 4.78 is 11.9. The van der Waals surface area contributed by atoms with Crippen molar-refractivity contribution in [1.82, 2.24) is 5.32 Å². The summed E-state index contributed by atoms with van der Waals surface area (Å²) in [4.78, 5) is 0. The lowest BCUT2D eigenvalue weighted by molar-refractivity contribution is 0.403. The zero-order chi connectivity index (χ0) is 13.8. The Balaban J connectivity index is 2.50. The normalized spacial score (nSPS) is 12.4. The molecule has 0 spiro atoms. The molecule has 0 fully saturated rings. The molecule has 0 saturated carbocycles. The molecule has 1 heterocycles. The van der Waals surface area contributed by atoms with Crippen LogP contribution >= 0.6 is 15.9 Å². The van der Waals surface area contributed by atoms with Crippen molar-refractivity contribution in [3.05, 3.63) is 51.9 Å². The van der Waals surface area contributed by atoms with Crippen molar-refractivity contribution in [2.45, 2.75) is 19.9 Å². The molecule has 0 aliphatic rings. The molecule has 0 bridgehead atoms. The van der Waals surface area contributed by atoms with Crippen LogP contribution in [0.15, 0.2) is 39.4 Å². The summed E-state index contributed by atoms with van der Waals surface area (Å²) >= 11 is 3.52. The number of ether oxygens (including phenoxy) is 1. The van der Waals surface area contributed by atoms with Crippen molar-refractivity contribution in [3.8, 4) is 5.75 Å². The average molecular weight is 324 g/mol. The van der Waals surface area contributed by atoms with Gasteiger partial charge in [0.15, 0.2) is 0 Å². The first-order valence-electron chi connectivity index (χ1n) is 6.28. The van der Waals surface area contributed by atoms with Gasteiger partial charge in [-0.05, 0) is 37.7 Å². The van der Waals surface area contributed by atoms with E-state index >= 15 is 0 Å². The molecule has 1 atom stereocenters. The minimum Gasteiger partial charge on any atom is -0.496 e. The zero-order valence-corrected chi connectivity index (χ0v) is 13.0. The summed E-state index contributed by atoms with van der Waals surface area (Å²) in [7, 11) is 1.69. The Morgan fingerprint density at radius 3 is 2.68 bits per heavy atom. The molecule has 102 valence electrons. The maximum Gasteiger partial charge on any atom is 0.124 e. The number of nitrogens with one attached hydrogen (secondary N) is 1. The average Bonchev–Trinajstić information content (AvgIpc) is 2.82. The van der Waals surface area contributed by atoms with E-state index in [1.165, 1.54) is 0 Å². The van der Waals surface area contributed by atoms with Crippen LogP contribution in [-0.2, 0) is 0 Å². The van der Waals surface area contributed by atoms with E-state index in [2.05, 4.69) is 34.2 Å². The Hall–Kier alpha value is -1.26. The van der Waals surface area contributed by atoms with Crippen molar-refractivity contribution >= 4 is 15.9 Å². The third-order valence-electron chi connectivity index (χ3n) is 3.12. The quantitative estimate of drug-likeness (QED) is 0.901. The Morgan fingerprint density at radius 2 is 2.11 bits per heavy atom. The minimum absolute atomic E-state index is 0.0659. The number of hydrogen-bond donors (Lipinski definition) is 1. The molecule has 0 aliphatic heterocycles. The van der Waals surface area contributed by atoms with Gasteiger partial charge in [0.1, 0.15) is 11.5 Å². The van der Waals surface area contributed by atoms with E-state index in [0.717, 1.165) is 33.7 Å². The Bertz CT molecular complexity index is 551. The highest BCUT2D eigenvalue weighted by molar-refractivity contribution is 9.10. The van der Waals surface area contributed by atoms with Gasteiger partial charge in [-0.1, -0.05) is 22.9 Å². The van der Waals surface area contributed by atoms with Crippen molar-refractivity contribution in [3.63, 3.8) is 0 Å². The molecule has 2 rings (SSSR count). The lowest BCUT2D eigenvalue weighted by atomic mass is 9.98. The zero-order valence-electron chi connectivity index (χ0n) is 11.4. The molecule has 2 aromatic rings. The highest BCUT2D eigenvalue weighted by atomic mass is 79.9. The molecule has 1 aromatic carbocycles. The topological polar surface area (TPSA) is 34.4 Å². The van der Waals surface area contributed by atoms with Gasteiger partial charge in [0.2, 0.25) is 0 Å². The summed E-state index contributed by atoms with van der Waals surface area (Å²) in [5, 5.41) is 3.48. The molecule has 0 aliphatic carbocycles. The molecule has 4 heteroatoms. The van der Waals surface area contributed by atoms with E-state index in [4.69, 9.17) is 9.15 Å². The van der Waals surface area contributed by atoms with Gasteiger partial charge >= 0.3 is 0 Å². The summed E-state index contributed by atoms with van der Waals surface area (Å²) in [5.41, 5.74) is 2.24. The first kappa shape index (κ1) is 14.2. The van der Waals surface area contributed by atoms with Crippen molar-refractivity contribution < 1.29 is 9.15 Å². The standard InChI is InChI=1S/C15H18BrNO2/c1-4-17-15(12-7-8-19-10(12)2)13-9-11(16)5-6-14(13)18-3/h5-9,15,17H,4H2,1-3H3. The van der Waals surface area contributed by atoms with Crippen LogP contribution in [0.3, 0.4) is 0 Å². The molecule has 0 amide bonds. The summed E-state index contributed by atoms with van der Waals surface area (Å²) in [5.74, 6) is 1.79. The van der Waals surface area contributed by atoms with Crippen LogP contribution in [0.1, 0.15) is 29.9 Å². The third kappa shape index (κ3) is 3.01.